The van der Waals surface area contributed by atoms with Crippen molar-refractivity contribution in [2.24, 2.45) is 0 Å². The van der Waals surface area contributed by atoms with E-state index in [9.17, 15) is 9.90 Å². The number of rotatable bonds is 6. The van der Waals surface area contributed by atoms with Crippen LogP contribution in [-0.4, -0.2) is 10.1 Å². The fourth-order valence-corrected chi connectivity index (χ4v) is 3.14. The summed E-state index contributed by atoms with van der Waals surface area (Å²) in [6, 6.07) is 11.5. The van der Waals surface area contributed by atoms with Crippen LogP contribution in [0.2, 0.25) is 0 Å². The Kier molecular flexibility index (Phi) is 5.46. The number of aryl methyl sites for hydroxylation is 2. The van der Waals surface area contributed by atoms with E-state index < -0.39 is 0 Å². The van der Waals surface area contributed by atoms with Crippen LogP contribution in [0, 0.1) is 6.92 Å². The van der Waals surface area contributed by atoms with Gasteiger partial charge in [0, 0.05) is 28.7 Å². The van der Waals surface area contributed by atoms with Gasteiger partial charge in [-0.3, -0.25) is 4.79 Å². The molecule has 0 amide bonds. The number of H-pyrrole nitrogens is 1. The molecule has 27 heavy (non-hydrogen) atoms. The highest BCUT2D eigenvalue weighted by Gasteiger charge is 2.03. The minimum Gasteiger partial charge on any atom is -0.508 e. The van der Waals surface area contributed by atoms with E-state index >= 15 is 0 Å². The number of aromatic nitrogens is 1. The molecule has 3 N–H and O–H groups in total. The highest BCUT2D eigenvalue weighted by molar-refractivity contribution is 5.83. The number of aromatic hydroxyl groups is 1. The van der Waals surface area contributed by atoms with Crippen LogP contribution in [-0.2, 0) is 13.0 Å². The van der Waals surface area contributed by atoms with E-state index in [2.05, 4.69) is 23.5 Å². The van der Waals surface area contributed by atoms with Crippen molar-refractivity contribution in [3.05, 3.63) is 86.7 Å². The maximum absolute atomic E-state index is 12.1. The highest BCUT2D eigenvalue weighted by atomic mass is 16.3. The zero-order valence-corrected chi connectivity index (χ0v) is 15.5. The van der Waals surface area contributed by atoms with Crippen LogP contribution in [0.3, 0.4) is 0 Å². The molecule has 0 aliphatic heterocycles. The summed E-state index contributed by atoms with van der Waals surface area (Å²) in [6.45, 7) is 10.2. The van der Waals surface area contributed by atoms with Crippen molar-refractivity contribution in [3.8, 4) is 5.75 Å². The third kappa shape index (κ3) is 4.11. The number of nitrogens with one attached hydrogen (secondary N) is 2. The molecule has 2 aromatic carbocycles. The van der Waals surface area contributed by atoms with E-state index in [0.29, 0.717) is 23.0 Å². The molecular weight excluding hydrogens is 336 g/mol. The molecule has 0 radical (unpaired) electrons. The second-order valence-electron chi connectivity index (χ2n) is 6.71. The molecule has 4 heteroatoms. The van der Waals surface area contributed by atoms with Gasteiger partial charge in [-0.15, -0.1) is 6.58 Å². The lowest BCUT2D eigenvalue weighted by Gasteiger charge is -2.07. The van der Waals surface area contributed by atoms with Crippen molar-refractivity contribution >= 4 is 23.6 Å². The molecule has 1 aromatic heterocycles. The van der Waals surface area contributed by atoms with E-state index in [1.165, 1.54) is 0 Å². The van der Waals surface area contributed by atoms with Gasteiger partial charge in [0.2, 0.25) is 0 Å². The Bertz CT molecular complexity index is 1160. The van der Waals surface area contributed by atoms with Crippen molar-refractivity contribution in [1.82, 2.24) is 10.3 Å². The van der Waals surface area contributed by atoms with Crippen LogP contribution in [0.4, 0.5) is 0 Å². The Labute approximate surface area is 158 Å². The molecule has 4 nitrogen and oxygen atoms in total. The van der Waals surface area contributed by atoms with Crippen LogP contribution in [0.5, 0.6) is 5.75 Å². The average molecular weight is 360 g/mol. The van der Waals surface area contributed by atoms with Crippen molar-refractivity contribution in [2.75, 3.05) is 0 Å². The largest absolute Gasteiger partial charge is 0.508 e. The minimum atomic E-state index is -0.132. The van der Waals surface area contributed by atoms with Gasteiger partial charge in [0.1, 0.15) is 5.75 Å². The topological polar surface area (TPSA) is 65.1 Å². The third-order valence-corrected chi connectivity index (χ3v) is 4.62. The molecule has 3 rings (SSSR count). The zero-order chi connectivity index (χ0) is 19.4. The predicted molar refractivity (Wildman–Crippen MR) is 112 cm³/mol. The van der Waals surface area contributed by atoms with Gasteiger partial charge in [-0.05, 0) is 48.4 Å². The van der Waals surface area contributed by atoms with Crippen molar-refractivity contribution in [2.45, 2.75) is 26.3 Å². The summed E-state index contributed by atoms with van der Waals surface area (Å²) in [7, 11) is 0. The number of benzene rings is 2. The summed E-state index contributed by atoms with van der Waals surface area (Å²) in [5.41, 5.74) is 2.85. The number of allylic oxidation sites excluding steroid dienone is 1. The highest BCUT2D eigenvalue weighted by Crippen LogP contribution is 2.20. The second kappa shape index (κ2) is 7.96. The number of hydrogen-bond acceptors (Lipinski definition) is 3. The fourth-order valence-electron chi connectivity index (χ4n) is 3.14. The summed E-state index contributed by atoms with van der Waals surface area (Å²) in [6.07, 6.45) is 5.33. The van der Waals surface area contributed by atoms with E-state index in [-0.39, 0.29) is 5.56 Å². The van der Waals surface area contributed by atoms with Gasteiger partial charge >= 0.3 is 0 Å². The second-order valence-corrected chi connectivity index (χ2v) is 6.71. The maximum atomic E-state index is 12.1. The van der Waals surface area contributed by atoms with Crippen molar-refractivity contribution < 1.29 is 5.11 Å². The third-order valence-electron chi connectivity index (χ3n) is 4.62. The minimum absolute atomic E-state index is 0.132. The molecule has 138 valence electrons. The van der Waals surface area contributed by atoms with E-state index in [1.54, 1.807) is 6.07 Å². The SMILES string of the molecule is C=CCCc1ccc(CN/C=c2\c(=C)[nH]c(=O)c3ccc(C)cc23)cc1O. The number of aromatic amines is 1. The first kappa shape index (κ1) is 18.5. The van der Waals surface area contributed by atoms with Gasteiger partial charge in [-0.2, -0.15) is 0 Å². The van der Waals surface area contributed by atoms with Gasteiger partial charge in [-0.1, -0.05) is 42.5 Å². The molecule has 0 bridgehead atoms. The number of phenols is 1. The molecule has 0 unspecified atom stereocenters. The van der Waals surface area contributed by atoms with Crippen LogP contribution >= 0.6 is 0 Å². The first-order valence-electron chi connectivity index (χ1n) is 8.96. The predicted octanol–water partition coefficient (Wildman–Crippen LogP) is 2.60. The molecular formula is C23H24N2O2. The Morgan fingerprint density at radius 3 is 2.74 bits per heavy atom. The lowest BCUT2D eigenvalue weighted by molar-refractivity contribution is 0.467. The Morgan fingerprint density at radius 1 is 1.19 bits per heavy atom. The monoisotopic (exact) mass is 360 g/mol. The van der Waals surface area contributed by atoms with Crippen molar-refractivity contribution in [3.63, 3.8) is 0 Å². The maximum Gasteiger partial charge on any atom is 0.256 e. The molecule has 0 atom stereocenters. The van der Waals surface area contributed by atoms with E-state index in [1.807, 2.05) is 49.5 Å². The summed E-state index contributed by atoms with van der Waals surface area (Å²) in [4.78, 5) is 14.9. The van der Waals surface area contributed by atoms with Gasteiger partial charge in [0.05, 0.1) is 0 Å². The zero-order valence-electron chi connectivity index (χ0n) is 15.5. The number of fused-ring (bicyclic) bond motifs is 1. The Hall–Kier alpha value is -3.27. The number of pyridine rings is 1. The van der Waals surface area contributed by atoms with Gasteiger partial charge < -0.3 is 15.4 Å². The van der Waals surface area contributed by atoms with Gasteiger partial charge in [0.15, 0.2) is 0 Å². The molecule has 1 heterocycles. The molecule has 0 fully saturated rings. The van der Waals surface area contributed by atoms with Crippen LogP contribution < -0.4 is 21.4 Å². The molecule has 3 aromatic rings. The quantitative estimate of drug-likeness (QED) is 0.592. The molecule has 0 spiro atoms. The lowest BCUT2D eigenvalue weighted by Crippen LogP contribution is -2.35. The normalized spacial score (nSPS) is 11.7. The van der Waals surface area contributed by atoms with Crippen LogP contribution in [0.15, 0.2) is 53.8 Å². The van der Waals surface area contributed by atoms with Crippen molar-refractivity contribution in [1.29, 1.82) is 0 Å². The standard InChI is InChI=1S/C23H24N2O2/c1-4-5-6-18-9-8-17(12-22(18)26)13-24-14-21-16(3)25-23(27)19-10-7-15(2)11-20(19)21/h4,7-12,14,24,26H,1,3,5-6,13H2,2H3,(H,25,27)/b21-14+. The summed E-state index contributed by atoms with van der Waals surface area (Å²) in [5.74, 6) is 0.305. The molecule has 0 aliphatic carbocycles. The molecule has 0 saturated heterocycles. The summed E-state index contributed by atoms with van der Waals surface area (Å²) >= 11 is 0. The summed E-state index contributed by atoms with van der Waals surface area (Å²) < 4.78 is 0. The fraction of sp³-hybridized carbons (Fsp3) is 0.174. The smallest absolute Gasteiger partial charge is 0.256 e. The summed E-state index contributed by atoms with van der Waals surface area (Å²) in [5, 5.41) is 16.4. The molecule has 0 saturated carbocycles. The van der Waals surface area contributed by atoms with E-state index in [0.717, 1.165) is 40.1 Å². The van der Waals surface area contributed by atoms with Gasteiger partial charge in [-0.25, -0.2) is 0 Å². The Morgan fingerprint density at radius 2 is 2.00 bits per heavy atom. The molecule has 0 aliphatic rings. The number of phenolic OH excluding ortho intramolecular Hbond substituents is 1. The number of hydrogen-bond donors (Lipinski definition) is 3. The van der Waals surface area contributed by atoms with Crippen LogP contribution in [0.25, 0.3) is 23.6 Å². The lowest BCUT2D eigenvalue weighted by atomic mass is 10.1. The Balaban J connectivity index is 1.88. The van der Waals surface area contributed by atoms with E-state index in [4.69, 9.17) is 0 Å². The van der Waals surface area contributed by atoms with Gasteiger partial charge in [0.25, 0.3) is 5.56 Å². The first-order chi connectivity index (χ1) is 13.0. The average Bonchev–Trinajstić information content (AvgIpc) is 2.63. The first-order valence-corrected chi connectivity index (χ1v) is 8.96. The van der Waals surface area contributed by atoms with Crippen LogP contribution in [0.1, 0.15) is 23.1 Å².